The molecule has 1 atom stereocenters. The van der Waals surface area contributed by atoms with Gasteiger partial charge < -0.3 is 15.0 Å². The lowest BCUT2D eigenvalue weighted by molar-refractivity contribution is -0.125. The summed E-state index contributed by atoms with van der Waals surface area (Å²) in [6, 6.07) is 17.8. The number of ether oxygens (including phenoxy) is 1. The predicted octanol–water partition coefficient (Wildman–Crippen LogP) is 3.69. The van der Waals surface area contributed by atoms with Crippen LogP contribution in [0.4, 0.5) is 5.95 Å². The van der Waals surface area contributed by atoms with Gasteiger partial charge in [-0.2, -0.15) is 0 Å². The predicted molar refractivity (Wildman–Crippen MR) is 117 cm³/mol. The van der Waals surface area contributed by atoms with Crippen molar-refractivity contribution in [1.82, 2.24) is 15.3 Å². The summed E-state index contributed by atoms with van der Waals surface area (Å²) in [7, 11) is 1.64. The molecule has 0 bridgehead atoms. The maximum absolute atomic E-state index is 12.7. The minimum Gasteiger partial charge on any atom is -0.497 e. The Kier molecular flexibility index (Phi) is 6.23. The molecule has 1 amide bonds. The number of piperidine rings is 1. The lowest BCUT2D eigenvalue weighted by Crippen LogP contribution is -2.43. The third kappa shape index (κ3) is 4.76. The van der Waals surface area contributed by atoms with E-state index in [4.69, 9.17) is 4.74 Å². The van der Waals surface area contributed by atoms with Gasteiger partial charge in [-0.25, -0.2) is 9.97 Å². The highest BCUT2D eigenvalue weighted by Crippen LogP contribution is 2.23. The SMILES string of the molecule is COc1cccc(CNC(=O)C2CCCN(c3ncc(-c4ccccc4)cn3)C2)c1. The molecule has 1 N–H and O–H groups in total. The average Bonchev–Trinajstić information content (AvgIpc) is 2.83. The van der Waals surface area contributed by atoms with Crippen LogP contribution in [0.5, 0.6) is 5.75 Å². The average molecular weight is 402 g/mol. The second-order valence-electron chi connectivity index (χ2n) is 7.49. The van der Waals surface area contributed by atoms with E-state index in [1.54, 1.807) is 7.11 Å². The first-order valence-corrected chi connectivity index (χ1v) is 10.3. The van der Waals surface area contributed by atoms with Crippen LogP contribution < -0.4 is 15.0 Å². The largest absolute Gasteiger partial charge is 0.497 e. The van der Waals surface area contributed by atoms with Crippen molar-refractivity contribution in [2.45, 2.75) is 19.4 Å². The number of nitrogens with one attached hydrogen (secondary N) is 1. The van der Waals surface area contributed by atoms with Crippen molar-refractivity contribution in [3.05, 3.63) is 72.6 Å². The Morgan fingerprint density at radius 2 is 1.90 bits per heavy atom. The second-order valence-corrected chi connectivity index (χ2v) is 7.49. The summed E-state index contributed by atoms with van der Waals surface area (Å²) in [5.41, 5.74) is 3.11. The Balaban J connectivity index is 1.36. The van der Waals surface area contributed by atoms with E-state index in [-0.39, 0.29) is 11.8 Å². The molecule has 6 nitrogen and oxygen atoms in total. The van der Waals surface area contributed by atoms with Gasteiger partial charge in [-0.15, -0.1) is 0 Å². The van der Waals surface area contributed by atoms with E-state index in [2.05, 4.69) is 20.2 Å². The second kappa shape index (κ2) is 9.39. The van der Waals surface area contributed by atoms with Crippen molar-refractivity contribution in [3.8, 4) is 16.9 Å². The molecule has 1 unspecified atom stereocenters. The molecule has 1 aliphatic rings. The minimum absolute atomic E-state index is 0.0678. The van der Waals surface area contributed by atoms with E-state index in [1.165, 1.54) is 0 Å². The van der Waals surface area contributed by atoms with E-state index >= 15 is 0 Å². The van der Waals surface area contributed by atoms with Gasteiger partial charge in [-0.1, -0.05) is 42.5 Å². The molecule has 0 saturated carbocycles. The number of hydrogen-bond donors (Lipinski definition) is 1. The summed E-state index contributed by atoms with van der Waals surface area (Å²) in [5.74, 6) is 1.48. The first-order chi connectivity index (χ1) is 14.7. The first-order valence-electron chi connectivity index (χ1n) is 10.3. The van der Waals surface area contributed by atoms with Gasteiger partial charge >= 0.3 is 0 Å². The summed E-state index contributed by atoms with van der Waals surface area (Å²) >= 11 is 0. The summed E-state index contributed by atoms with van der Waals surface area (Å²) in [6.07, 6.45) is 5.53. The number of nitrogens with zero attached hydrogens (tertiary/aromatic N) is 3. The number of benzene rings is 2. The lowest BCUT2D eigenvalue weighted by Gasteiger charge is -2.32. The number of hydrogen-bond acceptors (Lipinski definition) is 5. The highest BCUT2D eigenvalue weighted by Gasteiger charge is 2.27. The molecule has 1 fully saturated rings. The maximum Gasteiger partial charge on any atom is 0.225 e. The molecule has 4 rings (SSSR count). The topological polar surface area (TPSA) is 67.3 Å². The fourth-order valence-electron chi connectivity index (χ4n) is 3.75. The molecule has 1 aromatic heterocycles. The third-order valence-corrected chi connectivity index (χ3v) is 5.42. The summed E-state index contributed by atoms with van der Waals surface area (Å²) < 4.78 is 5.24. The molecular formula is C24H26N4O2. The zero-order valence-corrected chi connectivity index (χ0v) is 17.1. The molecule has 6 heteroatoms. The van der Waals surface area contributed by atoms with Crippen LogP contribution in [0.15, 0.2) is 67.0 Å². The number of carbonyl (C=O) groups is 1. The normalized spacial score (nSPS) is 16.2. The number of anilines is 1. The van der Waals surface area contributed by atoms with Gasteiger partial charge in [0.15, 0.2) is 0 Å². The van der Waals surface area contributed by atoms with Crippen molar-refractivity contribution in [1.29, 1.82) is 0 Å². The molecule has 0 spiro atoms. The first kappa shape index (κ1) is 19.9. The summed E-state index contributed by atoms with van der Waals surface area (Å²) in [5, 5.41) is 3.06. The zero-order valence-electron chi connectivity index (χ0n) is 17.1. The van der Waals surface area contributed by atoms with Gasteiger partial charge in [0.2, 0.25) is 11.9 Å². The van der Waals surface area contributed by atoms with Gasteiger partial charge in [0.25, 0.3) is 0 Å². The van der Waals surface area contributed by atoms with Gasteiger partial charge in [-0.05, 0) is 36.1 Å². The monoisotopic (exact) mass is 402 g/mol. The number of amides is 1. The molecule has 2 aromatic carbocycles. The molecule has 30 heavy (non-hydrogen) atoms. The van der Waals surface area contributed by atoms with Crippen LogP contribution in [0.3, 0.4) is 0 Å². The van der Waals surface area contributed by atoms with Crippen LogP contribution in [0.1, 0.15) is 18.4 Å². The van der Waals surface area contributed by atoms with Crippen molar-refractivity contribution in [2.75, 3.05) is 25.1 Å². The van der Waals surface area contributed by atoms with Gasteiger partial charge in [0.05, 0.1) is 13.0 Å². The maximum atomic E-state index is 12.7. The van der Waals surface area contributed by atoms with Crippen LogP contribution in [-0.2, 0) is 11.3 Å². The van der Waals surface area contributed by atoms with Crippen LogP contribution in [0.25, 0.3) is 11.1 Å². The van der Waals surface area contributed by atoms with Crippen molar-refractivity contribution < 1.29 is 9.53 Å². The third-order valence-electron chi connectivity index (χ3n) is 5.42. The fraction of sp³-hybridized carbons (Fsp3) is 0.292. The number of methoxy groups -OCH3 is 1. The fourth-order valence-corrected chi connectivity index (χ4v) is 3.75. The van der Waals surface area contributed by atoms with Gasteiger partial charge in [0, 0.05) is 37.6 Å². The standard InChI is InChI=1S/C24H26N4O2/c1-30-22-11-5-7-18(13-22)14-25-23(29)20-10-6-12-28(17-20)24-26-15-21(16-27-24)19-8-3-2-4-9-19/h2-5,7-9,11,13,15-16,20H,6,10,12,14,17H2,1H3,(H,25,29). The molecule has 0 radical (unpaired) electrons. The molecular weight excluding hydrogens is 376 g/mol. The van der Waals surface area contributed by atoms with E-state index in [1.807, 2.05) is 67.0 Å². The van der Waals surface area contributed by atoms with E-state index < -0.39 is 0 Å². The molecule has 2 heterocycles. The molecule has 3 aromatic rings. The Bertz CT molecular complexity index is 976. The van der Waals surface area contributed by atoms with E-state index in [0.29, 0.717) is 19.0 Å². The molecule has 1 aliphatic heterocycles. The lowest BCUT2D eigenvalue weighted by atomic mass is 9.97. The Hall–Kier alpha value is -3.41. The Morgan fingerprint density at radius 1 is 1.10 bits per heavy atom. The van der Waals surface area contributed by atoms with Crippen LogP contribution >= 0.6 is 0 Å². The highest BCUT2D eigenvalue weighted by molar-refractivity contribution is 5.79. The number of carbonyl (C=O) groups excluding carboxylic acids is 1. The smallest absolute Gasteiger partial charge is 0.225 e. The minimum atomic E-state index is -0.0678. The van der Waals surface area contributed by atoms with Crippen molar-refractivity contribution >= 4 is 11.9 Å². The Morgan fingerprint density at radius 3 is 2.67 bits per heavy atom. The highest BCUT2D eigenvalue weighted by atomic mass is 16.5. The summed E-state index contributed by atoms with van der Waals surface area (Å²) in [4.78, 5) is 23.9. The molecule has 0 aliphatic carbocycles. The quantitative estimate of drug-likeness (QED) is 0.681. The van der Waals surface area contributed by atoms with Gasteiger partial charge in [0.1, 0.15) is 5.75 Å². The van der Waals surface area contributed by atoms with E-state index in [0.717, 1.165) is 41.8 Å². The van der Waals surface area contributed by atoms with Crippen LogP contribution in [0.2, 0.25) is 0 Å². The zero-order chi connectivity index (χ0) is 20.8. The van der Waals surface area contributed by atoms with Gasteiger partial charge in [-0.3, -0.25) is 4.79 Å². The number of rotatable bonds is 6. The van der Waals surface area contributed by atoms with Crippen molar-refractivity contribution in [3.63, 3.8) is 0 Å². The Labute approximate surface area is 176 Å². The number of aromatic nitrogens is 2. The molecule has 154 valence electrons. The van der Waals surface area contributed by atoms with Crippen LogP contribution in [0, 0.1) is 5.92 Å². The molecule has 1 saturated heterocycles. The summed E-state index contributed by atoms with van der Waals surface area (Å²) in [6.45, 7) is 1.99. The van der Waals surface area contributed by atoms with E-state index in [9.17, 15) is 4.79 Å². The van der Waals surface area contributed by atoms with Crippen molar-refractivity contribution in [2.24, 2.45) is 5.92 Å². The van der Waals surface area contributed by atoms with Crippen LogP contribution in [-0.4, -0.2) is 36.1 Å².